The van der Waals surface area contributed by atoms with Crippen LogP contribution in [0, 0.1) is 5.92 Å². The Labute approximate surface area is 116 Å². The highest BCUT2D eigenvalue weighted by Gasteiger charge is 2.12. The van der Waals surface area contributed by atoms with Crippen LogP contribution in [0.2, 0.25) is 0 Å². The lowest BCUT2D eigenvalue weighted by Gasteiger charge is -2.16. The van der Waals surface area contributed by atoms with Crippen molar-refractivity contribution in [3.63, 3.8) is 0 Å². The molecule has 0 radical (unpaired) electrons. The van der Waals surface area contributed by atoms with Gasteiger partial charge in [0.2, 0.25) is 0 Å². The van der Waals surface area contributed by atoms with Crippen LogP contribution in [0.15, 0.2) is 18.2 Å². The fraction of sp³-hybridized carbons (Fsp3) is 0.625. The van der Waals surface area contributed by atoms with Crippen LogP contribution in [0.25, 0.3) is 0 Å². The minimum Gasteiger partial charge on any atom is -0.493 e. The van der Waals surface area contributed by atoms with Gasteiger partial charge in [-0.2, -0.15) is 0 Å². The third-order valence-electron chi connectivity index (χ3n) is 3.95. The molecule has 1 saturated carbocycles. The Hall–Kier alpha value is -1.38. The fourth-order valence-corrected chi connectivity index (χ4v) is 2.78. The molecule has 0 spiro atoms. The fourth-order valence-electron chi connectivity index (χ4n) is 2.78. The lowest BCUT2D eigenvalue weighted by atomic mass is 10.0. The first-order valence-electron chi connectivity index (χ1n) is 7.29. The van der Waals surface area contributed by atoms with E-state index in [0.717, 1.165) is 29.6 Å². The van der Waals surface area contributed by atoms with Crippen LogP contribution in [0.5, 0.6) is 11.5 Å². The van der Waals surface area contributed by atoms with E-state index in [-0.39, 0.29) is 0 Å². The van der Waals surface area contributed by atoms with Crippen molar-refractivity contribution in [2.75, 3.05) is 26.1 Å². The van der Waals surface area contributed by atoms with Gasteiger partial charge in [0.15, 0.2) is 11.5 Å². The van der Waals surface area contributed by atoms with Crippen molar-refractivity contribution in [1.29, 1.82) is 0 Å². The van der Waals surface area contributed by atoms with Crippen LogP contribution in [0.4, 0.5) is 5.69 Å². The average molecular weight is 263 g/mol. The van der Waals surface area contributed by atoms with Gasteiger partial charge in [-0.15, -0.1) is 0 Å². The lowest BCUT2D eigenvalue weighted by Crippen LogP contribution is -2.13. The molecule has 2 rings (SSSR count). The van der Waals surface area contributed by atoms with Crippen LogP contribution in [0.1, 0.15) is 38.5 Å². The third-order valence-corrected chi connectivity index (χ3v) is 3.95. The van der Waals surface area contributed by atoms with E-state index in [4.69, 9.17) is 9.47 Å². The number of nitrogens with one attached hydrogen (secondary N) is 1. The number of hydrogen-bond acceptors (Lipinski definition) is 3. The number of methoxy groups -OCH3 is 2. The SMILES string of the molecule is COc1ccc(NCC2CCCCCC2)cc1OC. The molecule has 0 saturated heterocycles. The smallest absolute Gasteiger partial charge is 0.162 e. The Morgan fingerprint density at radius 1 is 1.00 bits per heavy atom. The summed E-state index contributed by atoms with van der Waals surface area (Å²) in [5.74, 6) is 2.38. The van der Waals surface area contributed by atoms with E-state index in [1.807, 2.05) is 12.1 Å². The van der Waals surface area contributed by atoms with Gasteiger partial charge in [0, 0.05) is 18.3 Å². The normalized spacial score (nSPS) is 16.7. The summed E-state index contributed by atoms with van der Waals surface area (Å²) in [5, 5.41) is 3.53. The zero-order chi connectivity index (χ0) is 13.5. The summed E-state index contributed by atoms with van der Waals surface area (Å²) in [5.41, 5.74) is 1.11. The number of ether oxygens (including phenoxy) is 2. The van der Waals surface area contributed by atoms with E-state index >= 15 is 0 Å². The molecule has 1 aromatic carbocycles. The number of benzene rings is 1. The number of rotatable bonds is 5. The highest BCUT2D eigenvalue weighted by atomic mass is 16.5. The van der Waals surface area contributed by atoms with Crippen molar-refractivity contribution in [2.45, 2.75) is 38.5 Å². The van der Waals surface area contributed by atoms with Gasteiger partial charge in [-0.25, -0.2) is 0 Å². The van der Waals surface area contributed by atoms with Crippen LogP contribution in [-0.4, -0.2) is 20.8 Å². The average Bonchev–Trinajstić information content (AvgIpc) is 2.73. The zero-order valence-corrected chi connectivity index (χ0v) is 12.1. The van der Waals surface area contributed by atoms with Gasteiger partial charge >= 0.3 is 0 Å². The summed E-state index contributed by atoms with van der Waals surface area (Å²) < 4.78 is 10.6. The molecule has 0 bridgehead atoms. The van der Waals surface area contributed by atoms with Gasteiger partial charge in [-0.3, -0.25) is 0 Å². The van der Waals surface area contributed by atoms with E-state index in [2.05, 4.69) is 11.4 Å². The molecule has 3 nitrogen and oxygen atoms in total. The molecule has 0 aromatic heterocycles. The number of anilines is 1. The summed E-state index contributed by atoms with van der Waals surface area (Å²) >= 11 is 0. The van der Waals surface area contributed by atoms with Crippen molar-refractivity contribution in [2.24, 2.45) is 5.92 Å². The van der Waals surface area contributed by atoms with Gasteiger partial charge in [0.1, 0.15) is 0 Å². The highest BCUT2D eigenvalue weighted by molar-refractivity contribution is 5.54. The summed E-state index contributed by atoms with van der Waals surface area (Å²) in [4.78, 5) is 0. The minimum atomic E-state index is 0.780. The molecule has 0 unspecified atom stereocenters. The Bertz CT molecular complexity index is 384. The molecule has 0 aliphatic heterocycles. The summed E-state index contributed by atoms with van der Waals surface area (Å²) in [6.45, 7) is 1.06. The maximum Gasteiger partial charge on any atom is 0.162 e. The molecule has 19 heavy (non-hydrogen) atoms. The molecule has 0 heterocycles. The molecule has 3 heteroatoms. The van der Waals surface area contributed by atoms with Crippen molar-refractivity contribution < 1.29 is 9.47 Å². The Balaban J connectivity index is 1.91. The quantitative estimate of drug-likeness (QED) is 0.812. The van der Waals surface area contributed by atoms with Gasteiger partial charge in [0.25, 0.3) is 0 Å². The molecular weight excluding hydrogens is 238 g/mol. The van der Waals surface area contributed by atoms with Crippen molar-refractivity contribution in [3.8, 4) is 11.5 Å². The Morgan fingerprint density at radius 3 is 2.32 bits per heavy atom. The molecular formula is C16H25NO2. The second kappa shape index (κ2) is 7.27. The van der Waals surface area contributed by atoms with Gasteiger partial charge in [0.05, 0.1) is 14.2 Å². The number of hydrogen-bond donors (Lipinski definition) is 1. The standard InChI is InChI=1S/C16H25NO2/c1-18-15-10-9-14(11-16(15)19-2)17-12-13-7-5-3-4-6-8-13/h9-11,13,17H,3-8,12H2,1-2H3. The maximum absolute atomic E-state index is 5.32. The first kappa shape index (κ1) is 14.0. The molecule has 0 atom stereocenters. The minimum absolute atomic E-state index is 0.780. The van der Waals surface area contributed by atoms with Crippen molar-refractivity contribution in [1.82, 2.24) is 0 Å². The van der Waals surface area contributed by atoms with E-state index in [1.54, 1.807) is 14.2 Å². The van der Waals surface area contributed by atoms with Crippen LogP contribution >= 0.6 is 0 Å². The van der Waals surface area contributed by atoms with Gasteiger partial charge in [-0.1, -0.05) is 25.7 Å². The third kappa shape index (κ3) is 4.05. The van der Waals surface area contributed by atoms with Crippen molar-refractivity contribution >= 4 is 5.69 Å². The topological polar surface area (TPSA) is 30.5 Å². The van der Waals surface area contributed by atoms with E-state index < -0.39 is 0 Å². The molecule has 1 N–H and O–H groups in total. The van der Waals surface area contributed by atoms with E-state index in [0.29, 0.717) is 0 Å². The largest absolute Gasteiger partial charge is 0.493 e. The zero-order valence-electron chi connectivity index (χ0n) is 12.1. The molecule has 0 amide bonds. The Kier molecular flexibility index (Phi) is 5.37. The summed E-state index contributed by atoms with van der Waals surface area (Å²) in [6, 6.07) is 6.02. The molecule has 1 aliphatic carbocycles. The molecule has 1 fully saturated rings. The molecule has 106 valence electrons. The molecule has 1 aromatic rings. The highest BCUT2D eigenvalue weighted by Crippen LogP contribution is 2.30. The maximum atomic E-state index is 5.32. The van der Waals surface area contributed by atoms with Crippen LogP contribution in [-0.2, 0) is 0 Å². The predicted molar refractivity (Wildman–Crippen MR) is 79.2 cm³/mol. The monoisotopic (exact) mass is 263 g/mol. The Morgan fingerprint density at radius 2 is 1.68 bits per heavy atom. The van der Waals surface area contributed by atoms with Gasteiger partial charge in [-0.05, 0) is 30.9 Å². The van der Waals surface area contributed by atoms with E-state index in [1.165, 1.54) is 38.5 Å². The first-order valence-corrected chi connectivity index (χ1v) is 7.29. The summed E-state index contributed by atoms with van der Waals surface area (Å²) in [7, 11) is 3.34. The predicted octanol–water partition coefficient (Wildman–Crippen LogP) is 4.09. The van der Waals surface area contributed by atoms with E-state index in [9.17, 15) is 0 Å². The van der Waals surface area contributed by atoms with Crippen LogP contribution in [0.3, 0.4) is 0 Å². The second-order valence-corrected chi connectivity index (χ2v) is 5.31. The first-order chi connectivity index (χ1) is 9.33. The molecule has 1 aliphatic rings. The summed E-state index contributed by atoms with van der Waals surface area (Å²) in [6.07, 6.45) is 8.32. The second-order valence-electron chi connectivity index (χ2n) is 5.31. The van der Waals surface area contributed by atoms with Crippen LogP contribution < -0.4 is 14.8 Å². The van der Waals surface area contributed by atoms with Crippen molar-refractivity contribution in [3.05, 3.63) is 18.2 Å². The van der Waals surface area contributed by atoms with Gasteiger partial charge < -0.3 is 14.8 Å². The lowest BCUT2D eigenvalue weighted by molar-refractivity contribution is 0.355.